The number of hydrogen-bond donors (Lipinski definition) is 2. The quantitative estimate of drug-likeness (QED) is 0.338. The van der Waals surface area contributed by atoms with Crippen LogP contribution in [-0.2, 0) is 9.84 Å². The Bertz CT molecular complexity index is 1590. The number of H-pyrrole nitrogens is 1. The van der Waals surface area contributed by atoms with E-state index in [1.807, 2.05) is 12.3 Å². The van der Waals surface area contributed by atoms with Gasteiger partial charge < -0.3 is 15.0 Å². The minimum absolute atomic E-state index is 0.267. The molecule has 4 heterocycles. The van der Waals surface area contributed by atoms with Crippen molar-refractivity contribution in [2.75, 3.05) is 19.9 Å². The molecule has 2 saturated carbocycles. The zero-order chi connectivity index (χ0) is 26.7. The van der Waals surface area contributed by atoms with Crippen LogP contribution in [0.2, 0.25) is 0 Å². The Balaban J connectivity index is 1.24. The standard InChI is InChI=1S/C28H36N6O3S/c1-17(2)24-25(19-13-23(37-3)27-30-16-31-34(27)14-19)33-22-10-9-21(32-26(22)24)18-5-7-20(8-6-18)29-15-28(11-12-28)38(4,35)36/h9-10,13-14,16-18,20,29,33H,5-8,11-12,15H2,1-4H3. The summed E-state index contributed by atoms with van der Waals surface area (Å²) in [6.45, 7) is 4.98. The first-order valence-electron chi connectivity index (χ1n) is 13.5. The summed E-state index contributed by atoms with van der Waals surface area (Å²) in [5.74, 6) is 1.35. The lowest BCUT2D eigenvalue weighted by molar-refractivity contribution is 0.338. The molecule has 0 radical (unpaired) electrons. The fraction of sp³-hybridized carbons (Fsp3) is 0.536. The second-order valence-corrected chi connectivity index (χ2v) is 13.8. The van der Waals surface area contributed by atoms with Crippen LogP contribution in [0.5, 0.6) is 5.75 Å². The zero-order valence-electron chi connectivity index (χ0n) is 22.5. The van der Waals surface area contributed by atoms with Crippen LogP contribution in [0, 0.1) is 0 Å². The van der Waals surface area contributed by atoms with Crippen molar-refractivity contribution in [1.29, 1.82) is 0 Å². The van der Waals surface area contributed by atoms with Crippen molar-refractivity contribution in [3.05, 3.63) is 42.0 Å². The molecule has 2 fully saturated rings. The molecule has 0 aromatic carbocycles. The van der Waals surface area contributed by atoms with Gasteiger partial charge in [0.25, 0.3) is 0 Å². The molecule has 0 bridgehead atoms. The normalized spacial score (nSPS) is 21.4. The third-order valence-electron chi connectivity index (χ3n) is 8.58. The number of ether oxygens (including phenoxy) is 1. The second-order valence-electron chi connectivity index (χ2n) is 11.4. The van der Waals surface area contributed by atoms with E-state index in [2.05, 4.69) is 46.4 Å². The highest BCUT2D eigenvalue weighted by molar-refractivity contribution is 7.92. The molecule has 0 aliphatic heterocycles. The highest BCUT2D eigenvalue weighted by Gasteiger charge is 2.51. The molecule has 2 aliphatic carbocycles. The van der Waals surface area contributed by atoms with Crippen molar-refractivity contribution in [1.82, 2.24) is 29.9 Å². The molecule has 2 aliphatic rings. The lowest BCUT2D eigenvalue weighted by Crippen LogP contribution is -2.41. The van der Waals surface area contributed by atoms with Crippen LogP contribution in [0.3, 0.4) is 0 Å². The summed E-state index contributed by atoms with van der Waals surface area (Å²) < 4.78 is 31.1. The summed E-state index contributed by atoms with van der Waals surface area (Å²) in [4.78, 5) is 13.1. The van der Waals surface area contributed by atoms with Gasteiger partial charge in [-0.25, -0.2) is 17.9 Å². The molecule has 4 aromatic heterocycles. The number of aromatic nitrogens is 5. The van der Waals surface area contributed by atoms with Gasteiger partial charge in [0.05, 0.1) is 28.6 Å². The molecule has 0 saturated heterocycles. The van der Waals surface area contributed by atoms with Crippen molar-refractivity contribution in [2.24, 2.45) is 0 Å². The summed E-state index contributed by atoms with van der Waals surface area (Å²) in [5, 5.41) is 7.90. The molecule has 10 heteroatoms. The van der Waals surface area contributed by atoms with E-state index in [0.717, 1.165) is 66.5 Å². The third kappa shape index (κ3) is 4.37. The van der Waals surface area contributed by atoms with Gasteiger partial charge in [0.2, 0.25) is 0 Å². The molecule has 2 N–H and O–H groups in total. The molecule has 4 aromatic rings. The largest absolute Gasteiger partial charge is 0.493 e. The molecular weight excluding hydrogens is 500 g/mol. The highest BCUT2D eigenvalue weighted by Crippen LogP contribution is 2.43. The van der Waals surface area contributed by atoms with Gasteiger partial charge in [-0.05, 0) is 62.6 Å². The number of rotatable bonds is 8. The number of nitrogens with zero attached hydrogens (tertiary/aromatic N) is 4. The van der Waals surface area contributed by atoms with Crippen LogP contribution in [0.4, 0.5) is 0 Å². The van der Waals surface area contributed by atoms with Gasteiger partial charge in [-0.3, -0.25) is 4.98 Å². The van der Waals surface area contributed by atoms with E-state index in [0.29, 0.717) is 29.9 Å². The lowest BCUT2D eigenvalue weighted by Gasteiger charge is -2.30. The van der Waals surface area contributed by atoms with Crippen molar-refractivity contribution in [2.45, 2.75) is 75.0 Å². The smallest absolute Gasteiger partial charge is 0.197 e. The van der Waals surface area contributed by atoms with E-state index < -0.39 is 14.6 Å². The topological polar surface area (TPSA) is 114 Å². The summed E-state index contributed by atoms with van der Waals surface area (Å²) >= 11 is 0. The minimum atomic E-state index is -3.00. The number of sulfone groups is 1. The van der Waals surface area contributed by atoms with E-state index in [1.54, 1.807) is 11.6 Å². The first kappa shape index (κ1) is 25.3. The van der Waals surface area contributed by atoms with Gasteiger partial charge in [0.1, 0.15) is 6.33 Å². The highest BCUT2D eigenvalue weighted by atomic mass is 32.2. The number of hydrogen-bond acceptors (Lipinski definition) is 7. The van der Waals surface area contributed by atoms with Gasteiger partial charge in [-0.1, -0.05) is 13.8 Å². The lowest BCUT2D eigenvalue weighted by atomic mass is 9.83. The average molecular weight is 537 g/mol. The van der Waals surface area contributed by atoms with Crippen LogP contribution in [0.15, 0.2) is 30.7 Å². The fourth-order valence-corrected chi connectivity index (χ4v) is 7.23. The summed E-state index contributed by atoms with van der Waals surface area (Å²) in [7, 11) is -1.35. The van der Waals surface area contributed by atoms with E-state index >= 15 is 0 Å². The van der Waals surface area contributed by atoms with Crippen LogP contribution < -0.4 is 10.1 Å². The first-order chi connectivity index (χ1) is 18.2. The molecule has 9 nitrogen and oxygen atoms in total. The summed E-state index contributed by atoms with van der Waals surface area (Å²) in [6, 6.07) is 6.70. The third-order valence-corrected chi connectivity index (χ3v) is 10.7. The van der Waals surface area contributed by atoms with Crippen LogP contribution >= 0.6 is 0 Å². The predicted molar refractivity (Wildman–Crippen MR) is 149 cm³/mol. The van der Waals surface area contributed by atoms with Crippen molar-refractivity contribution >= 4 is 26.5 Å². The monoisotopic (exact) mass is 536 g/mol. The molecule has 0 atom stereocenters. The number of fused-ring (bicyclic) bond motifs is 2. The number of nitrogens with one attached hydrogen (secondary N) is 2. The second kappa shape index (κ2) is 9.34. The molecule has 38 heavy (non-hydrogen) atoms. The Morgan fingerprint density at radius 3 is 2.63 bits per heavy atom. The van der Waals surface area contributed by atoms with Crippen LogP contribution in [0.1, 0.15) is 75.5 Å². The Hall–Kier alpha value is -2.98. The van der Waals surface area contributed by atoms with E-state index in [1.165, 1.54) is 18.1 Å². The van der Waals surface area contributed by atoms with Gasteiger partial charge in [-0.15, -0.1) is 0 Å². The van der Waals surface area contributed by atoms with Crippen molar-refractivity contribution in [3.63, 3.8) is 0 Å². The molecule has 202 valence electrons. The summed E-state index contributed by atoms with van der Waals surface area (Å²) in [6.07, 6.45) is 10.6. The van der Waals surface area contributed by atoms with E-state index in [-0.39, 0.29) is 5.92 Å². The maximum atomic E-state index is 12.1. The maximum absolute atomic E-state index is 12.1. The zero-order valence-corrected chi connectivity index (χ0v) is 23.3. The van der Waals surface area contributed by atoms with Crippen LogP contribution in [-0.4, -0.2) is 63.7 Å². The Morgan fingerprint density at radius 1 is 1.21 bits per heavy atom. The van der Waals surface area contributed by atoms with Gasteiger partial charge in [-0.2, -0.15) is 5.10 Å². The molecule has 6 rings (SSSR count). The number of aromatic amines is 1. The SMILES string of the molecule is COc1cc(-c2[nH]c3ccc(C4CCC(NCC5(S(C)(=O)=O)CC5)CC4)nc3c2C(C)C)cn2ncnc12. The molecule has 0 amide bonds. The van der Waals surface area contributed by atoms with Crippen LogP contribution in [0.25, 0.3) is 27.9 Å². The van der Waals surface area contributed by atoms with E-state index in [4.69, 9.17) is 9.72 Å². The Kier molecular flexibility index (Phi) is 6.22. The fourth-order valence-electron chi connectivity index (χ4n) is 6.04. The average Bonchev–Trinajstić information content (AvgIpc) is 3.39. The Morgan fingerprint density at radius 2 is 1.97 bits per heavy atom. The Labute approximate surface area is 223 Å². The molecular formula is C28H36N6O3S. The molecule has 0 unspecified atom stereocenters. The minimum Gasteiger partial charge on any atom is -0.493 e. The molecule has 0 spiro atoms. The predicted octanol–water partition coefficient (Wildman–Crippen LogP) is 4.60. The number of methoxy groups -OCH3 is 1. The van der Waals surface area contributed by atoms with Gasteiger partial charge in [0, 0.05) is 47.8 Å². The van der Waals surface area contributed by atoms with Crippen molar-refractivity contribution < 1.29 is 13.2 Å². The van der Waals surface area contributed by atoms with Gasteiger partial charge in [0.15, 0.2) is 21.2 Å². The number of pyridine rings is 2. The van der Waals surface area contributed by atoms with Gasteiger partial charge >= 0.3 is 0 Å². The van der Waals surface area contributed by atoms with E-state index in [9.17, 15) is 8.42 Å². The van der Waals surface area contributed by atoms with Crippen molar-refractivity contribution in [3.8, 4) is 17.0 Å². The summed E-state index contributed by atoms with van der Waals surface area (Å²) in [5.41, 5.74) is 7.08. The maximum Gasteiger partial charge on any atom is 0.197 e. The first-order valence-corrected chi connectivity index (χ1v) is 15.4.